The zero-order valence-corrected chi connectivity index (χ0v) is 12.9. The maximum atomic E-state index is 13.6. The van der Waals surface area contributed by atoms with Crippen LogP contribution in [0.25, 0.3) is 22.2 Å². The van der Waals surface area contributed by atoms with E-state index in [1.165, 1.54) is 19.2 Å². The lowest BCUT2D eigenvalue weighted by atomic mass is 10.0. The Morgan fingerprint density at radius 1 is 1.30 bits per heavy atom. The summed E-state index contributed by atoms with van der Waals surface area (Å²) in [4.78, 5) is 14.4. The molecule has 1 heterocycles. The topological polar surface area (TPSA) is 62.3 Å². The van der Waals surface area contributed by atoms with Crippen LogP contribution in [0.15, 0.2) is 36.4 Å². The molecule has 1 aromatic heterocycles. The summed E-state index contributed by atoms with van der Waals surface area (Å²) < 4.78 is 18.9. The number of benzene rings is 2. The van der Waals surface area contributed by atoms with Crippen molar-refractivity contribution in [2.75, 3.05) is 7.11 Å². The molecule has 0 amide bonds. The summed E-state index contributed by atoms with van der Waals surface area (Å²) in [6.07, 6.45) is -0.242. The van der Waals surface area contributed by atoms with E-state index < -0.39 is 11.8 Å². The van der Waals surface area contributed by atoms with Crippen molar-refractivity contribution in [1.29, 1.82) is 0 Å². The Morgan fingerprint density at radius 2 is 2.09 bits per heavy atom. The number of fused-ring (bicyclic) bond motifs is 1. The minimum Gasteiger partial charge on any atom is -0.496 e. The average molecular weight is 334 g/mol. The zero-order valence-electron chi connectivity index (χ0n) is 12.2. The Balaban J connectivity index is 2.32. The summed E-state index contributed by atoms with van der Waals surface area (Å²) in [7, 11) is 1.52. The maximum Gasteiger partial charge on any atom is 0.307 e. The first-order valence-electron chi connectivity index (χ1n) is 6.85. The highest BCUT2D eigenvalue weighted by Crippen LogP contribution is 2.37. The standard InChI is InChI=1S/C17H13ClFNO3/c1-23-15-5-2-9(18)6-13(15)17-12(8-16(21)22)11-7-10(19)3-4-14(11)20-17/h2-7,20H,8H2,1H3,(H,21,22). The number of carbonyl (C=O) groups is 1. The molecule has 118 valence electrons. The van der Waals surface area contributed by atoms with Crippen molar-refractivity contribution < 1.29 is 19.0 Å². The Hall–Kier alpha value is -2.53. The molecule has 4 nitrogen and oxygen atoms in total. The van der Waals surface area contributed by atoms with Crippen LogP contribution in [-0.2, 0) is 11.2 Å². The van der Waals surface area contributed by atoms with Crippen LogP contribution in [0.2, 0.25) is 5.02 Å². The van der Waals surface area contributed by atoms with Gasteiger partial charge in [0, 0.05) is 21.5 Å². The Kier molecular flexibility index (Phi) is 3.96. The van der Waals surface area contributed by atoms with Crippen LogP contribution in [0.3, 0.4) is 0 Å². The molecule has 0 fully saturated rings. The molecular weight excluding hydrogens is 321 g/mol. The highest BCUT2D eigenvalue weighted by atomic mass is 35.5. The predicted octanol–water partition coefficient (Wildman–Crippen LogP) is 4.26. The molecule has 0 unspecified atom stereocenters. The van der Waals surface area contributed by atoms with E-state index in [1.54, 1.807) is 24.3 Å². The number of aliphatic carboxylic acids is 1. The minimum atomic E-state index is -1.00. The first-order valence-corrected chi connectivity index (χ1v) is 7.23. The van der Waals surface area contributed by atoms with Gasteiger partial charge in [-0.2, -0.15) is 0 Å². The second kappa shape index (κ2) is 5.93. The van der Waals surface area contributed by atoms with Crippen LogP contribution in [0.5, 0.6) is 5.75 Å². The molecule has 0 spiro atoms. The molecule has 2 N–H and O–H groups in total. The van der Waals surface area contributed by atoms with Crippen LogP contribution in [0.4, 0.5) is 4.39 Å². The summed E-state index contributed by atoms with van der Waals surface area (Å²) in [6, 6.07) is 9.30. The SMILES string of the molecule is COc1ccc(Cl)cc1-c1[nH]c2ccc(F)cc2c1CC(=O)O. The van der Waals surface area contributed by atoms with Crippen molar-refractivity contribution in [3.8, 4) is 17.0 Å². The number of hydrogen-bond acceptors (Lipinski definition) is 2. The zero-order chi connectivity index (χ0) is 16.6. The van der Waals surface area contributed by atoms with E-state index in [0.717, 1.165) is 0 Å². The van der Waals surface area contributed by atoms with E-state index >= 15 is 0 Å². The molecule has 6 heteroatoms. The number of rotatable bonds is 4. The van der Waals surface area contributed by atoms with Gasteiger partial charge < -0.3 is 14.8 Å². The normalized spacial score (nSPS) is 10.9. The molecule has 0 bridgehead atoms. The lowest BCUT2D eigenvalue weighted by Gasteiger charge is -2.09. The van der Waals surface area contributed by atoms with Gasteiger partial charge in [-0.3, -0.25) is 4.79 Å². The summed E-state index contributed by atoms with van der Waals surface area (Å²) in [5.74, 6) is -0.877. The van der Waals surface area contributed by atoms with Crippen molar-refractivity contribution in [2.24, 2.45) is 0 Å². The van der Waals surface area contributed by atoms with E-state index in [4.69, 9.17) is 16.3 Å². The minimum absolute atomic E-state index is 0.242. The van der Waals surface area contributed by atoms with Crippen LogP contribution in [-0.4, -0.2) is 23.2 Å². The van der Waals surface area contributed by atoms with Gasteiger partial charge in [-0.1, -0.05) is 11.6 Å². The number of H-pyrrole nitrogens is 1. The van der Waals surface area contributed by atoms with Crippen molar-refractivity contribution in [2.45, 2.75) is 6.42 Å². The monoisotopic (exact) mass is 333 g/mol. The van der Waals surface area contributed by atoms with Gasteiger partial charge in [-0.15, -0.1) is 0 Å². The summed E-state index contributed by atoms with van der Waals surface area (Å²) in [5.41, 5.74) is 2.34. The number of aromatic nitrogens is 1. The number of halogens is 2. The lowest BCUT2D eigenvalue weighted by Crippen LogP contribution is -2.01. The van der Waals surface area contributed by atoms with Gasteiger partial charge in [0.1, 0.15) is 11.6 Å². The second-order valence-corrected chi connectivity index (χ2v) is 5.52. The Morgan fingerprint density at radius 3 is 2.78 bits per heavy atom. The number of carboxylic acids is 1. The molecule has 0 aliphatic heterocycles. The first-order chi connectivity index (χ1) is 11.0. The molecule has 3 rings (SSSR count). The number of ether oxygens (including phenoxy) is 1. The average Bonchev–Trinajstić information content (AvgIpc) is 2.84. The van der Waals surface area contributed by atoms with Crippen LogP contribution in [0.1, 0.15) is 5.56 Å². The molecule has 0 radical (unpaired) electrons. The van der Waals surface area contributed by atoms with Crippen molar-refractivity contribution in [3.05, 3.63) is 52.8 Å². The number of nitrogens with one attached hydrogen (secondary N) is 1. The Labute approximate surface area is 136 Å². The van der Waals surface area contributed by atoms with Crippen molar-refractivity contribution in [1.82, 2.24) is 4.98 Å². The Bertz CT molecular complexity index is 904. The molecular formula is C17H13ClFNO3. The van der Waals surface area contributed by atoms with E-state index in [0.29, 0.717) is 38.5 Å². The fourth-order valence-corrected chi connectivity index (χ4v) is 2.83. The van der Waals surface area contributed by atoms with Gasteiger partial charge >= 0.3 is 5.97 Å². The van der Waals surface area contributed by atoms with E-state index in [1.807, 2.05) is 0 Å². The molecule has 0 saturated carbocycles. The third kappa shape index (κ3) is 2.87. The van der Waals surface area contributed by atoms with Gasteiger partial charge in [0.05, 0.1) is 19.2 Å². The largest absolute Gasteiger partial charge is 0.496 e. The molecule has 2 aromatic carbocycles. The summed E-state index contributed by atoms with van der Waals surface area (Å²) >= 11 is 6.06. The van der Waals surface area contributed by atoms with Crippen molar-refractivity contribution >= 4 is 28.5 Å². The number of methoxy groups -OCH3 is 1. The van der Waals surface area contributed by atoms with Gasteiger partial charge in [-0.25, -0.2) is 4.39 Å². The van der Waals surface area contributed by atoms with Crippen LogP contribution >= 0.6 is 11.6 Å². The number of carboxylic acid groups (broad SMARTS) is 1. The van der Waals surface area contributed by atoms with Gasteiger partial charge in [0.2, 0.25) is 0 Å². The summed E-state index contributed by atoms with van der Waals surface area (Å²) in [5, 5.41) is 10.2. The number of aromatic amines is 1. The summed E-state index contributed by atoms with van der Waals surface area (Å²) in [6.45, 7) is 0. The molecule has 0 saturated heterocycles. The molecule has 3 aromatic rings. The molecule has 23 heavy (non-hydrogen) atoms. The smallest absolute Gasteiger partial charge is 0.307 e. The quantitative estimate of drug-likeness (QED) is 0.749. The maximum absolute atomic E-state index is 13.6. The highest BCUT2D eigenvalue weighted by Gasteiger charge is 2.19. The predicted molar refractivity (Wildman–Crippen MR) is 86.6 cm³/mol. The lowest BCUT2D eigenvalue weighted by molar-refractivity contribution is -0.136. The third-order valence-corrected chi connectivity index (χ3v) is 3.86. The van der Waals surface area contributed by atoms with Crippen molar-refractivity contribution in [3.63, 3.8) is 0 Å². The fourth-order valence-electron chi connectivity index (χ4n) is 2.66. The highest BCUT2D eigenvalue weighted by molar-refractivity contribution is 6.31. The molecule has 0 aliphatic carbocycles. The van der Waals surface area contributed by atoms with Crippen LogP contribution in [0, 0.1) is 5.82 Å². The van der Waals surface area contributed by atoms with Crippen LogP contribution < -0.4 is 4.74 Å². The molecule has 0 atom stereocenters. The number of hydrogen-bond donors (Lipinski definition) is 2. The third-order valence-electron chi connectivity index (χ3n) is 3.63. The van der Waals surface area contributed by atoms with Gasteiger partial charge in [0.15, 0.2) is 0 Å². The molecule has 0 aliphatic rings. The van der Waals surface area contributed by atoms with E-state index in [-0.39, 0.29) is 6.42 Å². The van der Waals surface area contributed by atoms with E-state index in [9.17, 15) is 14.3 Å². The van der Waals surface area contributed by atoms with Gasteiger partial charge in [-0.05, 0) is 42.0 Å². The van der Waals surface area contributed by atoms with Gasteiger partial charge in [0.25, 0.3) is 0 Å². The first kappa shape index (κ1) is 15.4. The fraction of sp³-hybridized carbons (Fsp3) is 0.118. The van der Waals surface area contributed by atoms with E-state index in [2.05, 4.69) is 4.98 Å². The second-order valence-electron chi connectivity index (χ2n) is 5.08.